The summed E-state index contributed by atoms with van der Waals surface area (Å²) < 4.78 is 11.7. The van der Waals surface area contributed by atoms with E-state index in [2.05, 4.69) is 22.6 Å². The zero-order chi connectivity index (χ0) is 25.8. The number of benzene rings is 3. The van der Waals surface area contributed by atoms with Crippen molar-refractivity contribution in [3.63, 3.8) is 0 Å². The largest absolute Gasteiger partial charge is 0.493 e. The first-order valence-electron chi connectivity index (χ1n) is 11.5. The maximum Gasteiger partial charge on any atom is 0.257 e. The molecule has 4 rings (SSSR count). The molecule has 0 radical (unpaired) electrons. The molecule has 0 saturated carbocycles. The van der Waals surface area contributed by atoms with Gasteiger partial charge in [0.25, 0.3) is 11.8 Å². The summed E-state index contributed by atoms with van der Waals surface area (Å²) in [4.78, 5) is 43.0. The third-order valence-electron chi connectivity index (χ3n) is 6.31. The number of nitrogens with zero attached hydrogens (tertiary/aromatic N) is 2. The molecule has 0 spiro atoms. The molecule has 3 aromatic carbocycles. The van der Waals surface area contributed by atoms with Crippen LogP contribution in [0.15, 0.2) is 66.7 Å². The van der Waals surface area contributed by atoms with E-state index in [0.29, 0.717) is 29.2 Å². The van der Waals surface area contributed by atoms with E-state index in [0.717, 1.165) is 14.7 Å². The number of carbonyl (C=O) groups is 3. The van der Waals surface area contributed by atoms with Crippen molar-refractivity contribution in [1.29, 1.82) is 0 Å². The van der Waals surface area contributed by atoms with E-state index in [9.17, 15) is 14.4 Å². The molecule has 36 heavy (non-hydrogen) atoms. The summed E-state index contributed by atoms with van der Waals surface area (Å²) in [5.74, 6) is 0.210. The van der Waals surface area contributed by atoms with Crippen molar-refractivity contribution in [3.05, 3.63) is 87.0 Å². The molecule has 3 amide bonds. The third-order valence-corrected chi connectivity index (χ3v) is 7.03. The Morgan fingerprint density at radius 3 is 2.36 bits per heavy atom. The zero-order valence-electron chi connectivity index (χ0n) is 20.4. The maximum atomic E-state index is 13.7. The fourth-order valence-electron chi connectivity index (χ4n) is 4.37. The number of amides is 3. The molecule has 1 unspecified atom stereocenters. The highest BCUT2D eigenvalue weighted by atomic mass is 127. The van der Waals surface area contributed by atoms with Gasteiger partial charge >= 0.3 is 0 Å². The molecular weight excluding hydrogens is 571 g/mol. The first kappa shape index (κ1) is 25.7. The Bertz CT molecular complexity index is 1290. The number of rotatable bonds is 8. The van der Waals surface area contributed by atoms with Crippen LogP contribution in [-0.2, 0) is 16.0 Å². The van der Waals surface area contributed by atoms with Crippen LogP contribution in [0.3, 0.4) is 0 Å². The second-order valence-corrected chi connectivity index (χ2v) is 9.76. The molecule has 1 fully saturated rings. The van der Waals surface area contributed by atoms with Crippen LogP contribution >= 0.6 is 22.6 Å². The summed E-state index contributed by atoms with van der Waals surface area (Å²) in [6.07, 6.45) is 0.411. The Kier molecular flexibility index (Phi) is 7.93. The van der Waals surface area contributed by atoms with Gasteiger partial charge in [0.2, 0.25) is 5.91 Å². The lowest BCUT2D eigenvalue weighted by molar-refractivity contribution is -0.122. The molecule has 0 aliphatic carbocycles. The molecule has 0 aromatic heterocycles. The van der Waals surface area contributed by atoms with E-state index in [-0.39, 0.29) is 24.8 Å². The van der Waals surface area contributed by atoms with Crippen LogP contribution in [0.1, 0.15) is 27.9 Å². The summed E-state index contributed by atoms with van der Waals surface area (Å²) in [5, 5.41) is 0. The highest BCUT2D eigenvalue weighted by Gasteiger charge is 2.44. The van der Waals surface area contributed by atoms with Crippen molar-refractivity contribution in [2.24, 2.45) is 0 Å². The van der Waals surface area contributed by atoms with Crippen molar-refractivity contribution < 1.29 is 23.9 Å². The highest BCUT2D eigenvalue weighted by Crippen LogP contribution is 2.30. The average molecular weight is 598 g/mol. The van der Waals surface area contributed by atoms with Gasteiger partial charge < -0.3 is 14.4 Å². The zero-order valence-corrected chi connectivity index (χ0v) is 22.5. The fraction of sp³-hybridized carbons (Fsp3) is 0.250. The van der Waals surface area contributed by atoms with E-state index in [1.165, 1.54) is 9.80 Å². The lowest BCUT2D eigenvalue weighted by Crippen LogP contribution is -2.46. The van der Waals surface area contributed by atoms with Crippen LogP contribution in [0.5, 0.6) is 11.5 Å². The predicted molar refractivity (Wildman–Crippen MR) is 146 cm³/mol. The molecular formula is C28H27IN2O5. The van der Waals surface area contributed by atoms with E-state index in [4.69, 9.17) is 9.47 Å². The number of hydrogen-bond donors (Lipinski definition) is 0. The molecule has 0 bridgehead atoms. The van der Waals surface area contributed by atoms with Gasteiger partial charge in [-0.15, -0.1) is 0 Å². The van der Waals surface area contributed by atoms with Gasteiger partial charge in [-0.05, 0) is 89.5 Å². The average Bonchev–Trinajstić information content (AvgIpc) is 3.18. The van der Waals surface area contributed by atoms with Crippen LogP contribution in [0.25, 0.3) is 0 Å². The molecule has 8 heteroatoms. The fourth-order valence-corrected chi connectivity index (χ4v) is 4.73. The molecule has 1 saturated heterocycles. The molecule has 1 heterocycles. The Labute approximate surface area is 224 Å². The highest BCUT2D eigenvalue weighted by molar-refractivity contribution is 14.1. The summed E-state index contributed by atoms with van der Waals surface area (Å²) in [5.41, 5.74) is 2.75. The standard InChI is InChI=1S/C28H27IN2O5/c1-18-6-4-5-7-22(18)27(33)30(15-14-19-8-13-24(35-2)25(16-19)36-3)23-17-26(32)31(28(23)34)21-11-9-20(29)10-12-21/h4-13,16,23H,14-15,17H2,1-3H3. The Balaban J connectivity index is 1.65. The summed E-state index contributed by atoms with van der Waals surface area (Å²) >= 11 is 2.17. The summed E-state index contributed by atoms with van der Waals surface area (Å²) in [6, 6.07) is 19.1. The van der Waals surface area contributed by atoms with Crippen LogP contribution in [-0.4, -0.2) is 49.4 Å². The minimum Gasteiger partial charge on any atom is -0.493 e. The maximum absolute atomic E-state index is 13.7. The van der Waals surface area contributed by atoms with Crippen LogP contribution in [0.4, 0.5) is 5.69 Å². The molecule has 1 aliphatic heterocycles. The predicted octanol–water partition coefficient (Wildman–Crippen LogP) is 4.63. The molecule has 7 nitrogen and oxygen atoms in total. The van der Waals surface area contributed by atoms with Crippen LogP contribution in [0, 0.1) is 10.5 Å². The molecule has 186 valence electrons. The number of anilines is 1. The number of halogens is 1. The van der Waals surface area contributed by atoms with E-state index >= 15 is 0 Å². The topological polar surface area (TPSA) is 76.2 Å². The Hall–Kier alpha value is -3.40. The Morgan fingerprint density at radius 1 is 1.00 bits per heavy atom. The van der Waals surface area contributed by atoms with Gasteiger partial charge in [0.15, 0.2) is 11.5 Å². The van der Waals surface area contributed by atoms with Crippen LogP contribution < -0.4 is 14.4 Å². The SMILES string of the molecule is COc1ccc(CCN(C(=O)c2ccccc2C)C2CC(=O)N(c3ccc(I)cc3)C2=O)cc1OC. The van der Waals surface area contributed by atoms with E-state index in [1.807, 2.05) is 49.4 Å². The number of aryl methyl sites for hydroxylation is 1. The summed E-state index contributed by atoms with van der Waals surface area (Å²) in [7, 11) is 3.14. The molecule has 0 N–H and O–H groups in total. The van der Waals surface area contributed by atoms with Gasteiger partial charge in [0.1, 0.15) is 6.04 Å². The minimum atomic E-state index is -0.885. The monoisotopic (exact) mass is 598 g/mol. The minimum absolute atomic E-state index is 0.0611. The second kappa shape index (κ2) is 11.1. The molecule has 3 aromatic rings. The molecule has 1 aliphatic rings. The normalized spacial score (nSPS) is 15.2. The van der Waals surface area contributed by atoms with Crippen molar-refractivity contribution >= 4 is 46.0 Å². The lowest BCUT2D eigenvalue weighted by atomic mass is 10.0. The number of hydrogen-bond acceptors (Lipinski definition) is 5. The first-order valence-corrected chi connectivity index (χ1v) is 12.6. The number of imide groups is 1. The lowest BCUT2D eigenvalue weighted by Gasteiger charge is -2.28. The van der Waals surface area contributed by atoms with Gasteiger partial charge in [-0.1, -0.05) is 24.3 Å². The van der Waals surface area contributed by atoms with Crippen molar-refractivity contribution in [3.8, 4) is 11.5 Å². The second-order valence-electron chi connectivity index (χ2n) is 8.52. The molecule has 1 atom stereocenters. The van der Waals surface area contributed by atoms with Gasteiger partial charge in [-0.25, -0.2) is 4.90 Å². The quantitative estimate of drug-likeness (QED) is 0.279. The van der Waals surface area contributed by atoms with Crippen molar-refractivity contribution in [2.45, 2.75) is 25.8 Å². The van der Waals surface area contributed by atoms with Gasteiger partial charge in [-0.3, -0.25) is 14.4 Å². The summed E-state index contributed by atoms with van der Waals surface area (Å²) in [6.45, 7) is 2.12. The van der Waals surface area contributed by atoms with Crippen molar-refractivity contribution in [1.82, 2.24) is 4.90 Å². The van der Waals surface area contributed by atoms with E-state index in [1.54, 1.807) is 38.5 Å². The van der Waals surface area contributed by atoms with Crippen molar-refractivity contribution in [2.75, 3.05) is 25.7 Å². The smallest absolute Gasteiger partial charge is 0.257 e. The number of carbonyl (C=O) groups excluding carboxylic acids is 3. The van der Waals surface area contributed by atoms with Crippen LogP contribution in [0.2, 0.25) is 0 Å². The van der Waals surface area contributed by atoms with Gasteiger partial charge in [0.05, 0.1) is 26.3 Å². The number of methoxy groups -OCH3 is 2. The Morgan fingerprint density at radius 2 is 1.69 bits per heavy atom. The van der Waals surface area contributed by atoms with Gasteiger partial charge in [-0.2, -0.15) is 0 Å². The van der Waals surface area contributed by atoms with E-state index < -0.39 is 11.9 Å². The first-order chi connectivity index (χ1) is 17.3. The van der Waals surface area contributed by atoms with Gasteiger partial charge in [0, 0.05) is 15.7 Å². The third kappa shape index (κ3) is 5.23. The number of ether oxygens (including phenoxy) is 2.